The van der Waals surface area contributed by atoms with Crippen molar-refractivity contribution in [2.45, 2.75) is 33.0 Å². The van der Waals surface area contributed by atoms with Crippen LogP contribution in [0.5, 0.6) is 5.88 Å². The average molecular weight is 409 g/mol. The molecule has 0 spiro atoms. The summed E-state index contributed by atoms with van der Waals surface area (Å²) >= 11 is 0. The molecule has 29 heavy (non-hydrogen) atoms. The van der Waals surface area contributed by atoms with Crippen LogP contribution in [-0.4, -0.2) is 36.4 Å². The Bertz CT molecular complexity index is 867. The number of esters is 1. The largest absolute Gasteiger partial charge is 0.465 e. The van der Waals surface area contributed by atoms with Gasteiger partial charge in [-0.3, -0.25) is 5.32 Å². The quantitative estimate of drug-likeness (QED) is 0.675. The predicted octanol–water partition coefficient (Wildman–Crippen LogP) is 4.56. The second-order valence-electron chi connectivity index (χ2n) is 6.74. The number of rotatable bonds is 6. The molecular formula is C19H21F2N3O5. The molecule has 0 aliphatic heterocycles. The molecule has 0 bridgehead atoms. The number of benzene rings is 1. The number of ether oxygens (including phenoxy) is 3. The monoisotopic (exact) mass is 409 g/mol. The number of amides is 1. The lowest BCUT2D eigenvalue weighted by atomic mass is 10.2. The molecular weight excluding hydrogens is 388 g/mol. The van der Waals surface area contributed by atoms with Crippen LogP contribution in [0.25, 0.3) is 0 Å². The van der Waals surface area contributed by atoms with E-state index in [1.165, 1.54) is 13.2 Å². The molecule has 156 valence electrons. The Kier molecular flexibility index (Phi) is 6.92. The number of alkyl halides is 2. The number of nitrogens with zero attached hydrogens (tertiary/aromatic N) is 1. The molecule has 0 aliphatic rings. The van der Waals surface area contributed by atoms with E-state index in [2.05, 4.69) is 25.1 Å². The fourth-order valence-electron chi connectivity index (χ4n) is 2.16. The van der Waals surface area contributed by atoms with Gasteiger partial charge in [0.25, 0.3) is 0 Å². The summed E-state index contributed by atoms with van der Waals surface area (Å²) < 4.78 is 39.0. The molecule has 0 atom stereocenters. The minimum absolute atomic E-state index is 0.0251. The summed E-state index contributed by atoms with van der Waals surface area (Å²) in [4.78, 5) is 27.6. The van der Waals surface area contributed by atoms with Crippen LogP contribution < -0.4 is 15.4 Å². The van der Waals surface area contributed by atoms with Gasteiger partial charge in [-0.15, -0.1) is 0 Å². The third-order valence-corrected chi connectivity index (χ3v) is 3.28. The lowest BCUT2D eigenvalue weighted by Crippen LogP contribution is -2.27. The number of halogens is 2. The van der Waals surface area contributed by atoms with Crippen LogP contribution >= 0.6 is 0 Å². The highest BCUT2D eigenvalue weighted by atomic mass is 19.3. The highest BCUT2D eigenvalue weighted by Gasteiger charge is 2.18. The van der Waals surface area contributed by atoms with Gasteiger partial charge in [0.15, 0.2) is 0 Å². The van der Waals surface area contributed by atoms with Crippen LogP contribution in [-0.2, 0) is 9.47 Å². The van der Waals surface area contributed by atoms with Crippen LogP contribution in [0.2, 0.25) is 0 Å². The molecule has 0 radical (unpaired) electrons. The summed E-state index contributed by atoms with van der Waals surface area (Å²) in [7, 11) is 1.19. The molecule has 1 amide bonds. The number of methoxy groups -OCH3 is 1. The van der Waals surface area contributed by atoms with E-state index < -0.39 is 24.3 Å². The van der Waals surface area contributed by atoms with Crippen LogP contribution in [0.1, 0.15) is 31.1 Å². The highest BCUT2D eigenvalue weighted by Crippen LogP contribution is 2.25. The number of anilines is 3. The fraction of sp³-hybridized carbons (Fsp3) is 0.316. The molecule has 1 heterocycles. The first-order chi connectivity index (χ1) is 13.6. The van der Waals surface area contributed by atoms with Crippen LogP contribution in [0.15, 0.2) is 36.4 Å². The number of carbonyl (C=O) groups is 2. The molecule has 8 nitrogen and oxygen atoms in total. The van der Waals surface area contributed by atoms with E-state index in [0.29, 0.717) is 11.4 Å². The number of hydrogen-bond donors (Lipinski definition) is 2. The van der Waals surface area contributed by atoms with E-state index in [1.54, 1.807) is 45.0 Å². The standard InChI is InChI=1S/C19H21F2N3O5/c1-19(2,3)29-18(26)23-12-7-5-11(6-8-12)22-15-13(16(25)27-4)9-10-14(24-15)28-17(20)21/h5-10,17H,1-4H3,(H,22,24)(H,23,26). The number of aromatic nitrogens is 1. The maximum atomic E-state index is 12.4. The maximum absolute atomic E-state index is 12.4. The van der Waals surface area contributed by atoms with Crippen molar-refractivity contribution in [3.8, 4) is 5.88 Å². The lowest BCUT2D eigenvalue weighted by molar-refractivity contribution is -0.0527. The zero-order chi connectivity index (χ0) is 21.6. The zero-order valence-electron chi connectivity index (χ0n) is 16.3. The van der Waals surface area contributed by atoms with E-state index >= 15 is 0 Å². The molecule has 10 heteroatoms. The Hall–Kier alpha value is -3.43. The zero-order valence-corrected chi connectivity index (χ0v) is 16.3. The SMILES string of the molecule is COC(=O)c1ccc(OC(F)F)nc1Nc1ccc(NC(=O)OC(C)(C)C)cc1. The Morgan fingerprint density at radius 2 is 1.66 bits per heavy atom. The van der Waals surface area contributed by atoms with Gasteiger partial charge in [-0.25, -0.2) is 9.59 Å². The summed E-state index contributed by atoms with van der Waals surface area (Å²) in [5, 5.41) is 5.42. The molecule has 2 rings (SSSR count). The maximum Gasteiger partial charge on any atom is 0.412 e. The van der Waals surface area contributed by atoms with Crippen LogP contribution in [0.3, 0.4) is 0 Å². The smallest absolute Gasteiger partial charge is 0.412 e. The van der Waals surface area contributed by atoms with Gasteiger partial charge in [0.1, 0.15) is 17.0 Å². The lowest BCUT2D eigenvalue weighted by Gasteiger charge is -2.19. The van der Waals surface area contributed by atoms with Crippen molar-refractivity contribution in [3.63, 3.8) is 0 Å². The average Bonchev–Trinajstić information content (AvgIpc) is 2.61. The summed E-state index contributed by atoms with van der Waals surface area (Å²) in [6.45, 7) is 2.18. The molecule has 0 saturated carbocycles. The van der Waals surface area contributed by atoms with Gasteiger partial charge >= 0.3 is 18.7 Å². The van der Waals surface area contributed by atoms with Crippen molar-refractivity contribution in [1.82, 2.24) is 4.98 Å². The fourth-order valence-corrected chi connectivity index (χ4v) is 2.16. The predicted molar refractivity (Wildman–Crippen MR) is 102 cm³/mol. The third kappa shape index (κ3) is 6.91. The summed E-state index contributed by atoms with van der Waals surface area (Å²) in [6.07, 6.45) is -0.607. The number of hydrogen-bond acceptors (Lipinski definition) is 7. The van der Waals surface area contributed by atoms with Gasteiger partial charge in [-0.2, -0.15) is 13.8 Å². The summed E-state index contributed by atoms with van der Waals surface area (Å²) in [5.41, 5.74) is 0.352. The molecule has 0 fully saturated rings. The topological polar surface area (TPSA) is 98.8 Å². The second kappa shape index (κ2) is 9.18. The molecule has 2 aromatic rings. The van der Waals surface area contributed by atoms with Crippen molar-refractivity contribution >= 4 is 29.3 Å². The molecule has 0 aliphatic carbocycles. The summed E-state index contributed by atoms with van der Waals surface area (Å²) in [6, 6.07) is 8.76. The highest BCUT2D eigenvalue weighted by molar-refractivity contribution is 5.95. The minimum atomic E-state index is -3.06. The number of carbonyl (C=O) groups excluding carboxylic acids is 2. The van der Waals surface area contributed by atoms with Crippen LogP contribution in [0, 0.1) is 0 Å². The van der Waals surface area contributed by atoms with Crippen molar-refractivity contribution in [3.05, 3.63) is 42.0 Å². The van der Waals surface area contributed by atoms with Gasteiger partial charge in [0, 0.05) is 17.4 Å². The molecule has 1 aromatic heterocycles. The Balaban J connectivity index is 2.17. The first-order valence-corrected chi connectivity index (χ1v) is 8.48. The molecule has 0 unspecified atom stereocenters. The molecule has 2 N–H and O–H groups in total. The van der Waals surface area contributed by atoms with Crippen molar-refractivity contribution in [2.24, 2.45) is 0 Å². The van der Waals surface area contributed by atoms with E-state index in [9.17, 15) is 18.4 Å². The number of pyridine rings is 1. The van der Waals surface area contributed by atoms with E-state index in [1.807, 2.05) is 0 Å². The molecule has 1 aromatic carbocycles. The minimum Gasteiger partial charge on any atom is -0.465 e. The van der Waals surface area contributed by atoms with E-state index in [-0.39, 0.29) is 17.3 Å². The van der Waals surface area contributed by atoms with Gasteiger partial charge in [-0.1, -0.05) is 0 Å². The normalized spacial score (nSPS) is 11.0. The van der Waals surface area contributed by atoms with E-state index in [0.717, 1.165) is 6.07 Å². The van der Waals surface area contributed by atoms with Gasteiger partial charge in [0.2, 0.25) is 5.88 Å². The third-order valence-electron chi connectivity index (χ3n) is 3.28. The second-order valence-corrected chi connectivity index (χ2v) is 6.74. The first-order valence-electron chi connectivity index (χ1n) is 8.48. The van der Waals surface area contributed by atoms with Crippen molar-refractivity contribution in [2.75, 3.05) is 17.7 Å². The Labute approximate surface area is 166 Å². The van der Waals surface area contributed by atoms with Gasteiger partial charge < -0.3 is 19.5 Å². The van der Waals surface area contributed by atoms with E-state index in [4.69, 9.17) is 4.74 Å². The molecule has 0 saturated heterocycles. The van der Waals surface area contributed by atoms with Gasteiger partial charge in [-0.05, 0) is 51.1 Å². The summed E-state index contributed by atoms with van der Waals surface area (Å²) in [5.74, 6) is -1.09. The van der Waals surface area contributed by atoms with Gasteiger partial charge in [0.05, 0.1) is 7.11 Å². The van der Waals surface area contributed by atoms with Crippen LogP contribution in [0.4, 0.5) is 30.8 Å². The number of nitrogens with one attached hydrogen (secondary N) is 2. The van der Waals surface area contributed by atoms with Crippen molar-refractivity contribution < 1.29 is 32.6 Å². The Morgan fingerprint density at radius 1 is 1.03 bits per heavy atom. The first kappa shape index (κ1) is 21.9. The van der Waals surface area contributed by atoms with Crippen molar-refractivity contribution in [1.29, 1.82) is 0 Å². The Morgan fingerprint density at radius 3 is 2.21 bits per heavy atom.